The molecule has 1 aromatic heterocycles. The Morgan fingerprint density at radius 2 is 2.24 bits per heavy atom. The van der Waals surface area contributed by atoms with Crippen molar-refractivity contribution in [1.29, 1.82) is 0 Å². The second-order valence-electron chi connectivity index (χ2n) is 5.08. The summed E-state index contributed by atoms with van der Waals surface area (Å²) < 4.78 is 0. The third-order valence-electron chi connectivity index (χ3n) is 3.84. The highest BCUT2D eigenvalue weighted by Gasteiger charge is 2.30. The van der Waals surface area contributed by atoms with E-state index >= 15 is 0 Å². The number of aryl methyl sites for hydroxylation is 1. The zero-order valence-electron chi connectivity index (χ0n) is 11.1. The molecule has 2 heterocycles. The van der Waals surface area contributed by atoms with Gasteiger partial charge in [-0.05, 0) is 50.3 Å². The van der Waals surface area contributed by atoms with Crippen LogP contribution in [-0.4, -0.2) is 17.1 Å². The van der Waals surface area contributed by atoms with Gasteiger partial charge in [0, 0.05) is 24.8 Å². The van der Waals surface area contributed by atoms with E-state index in [0.29, 0.717) is 18.6 Å². The molecule has 2 atom stereocenters. The minimum absolute atomic E-state index is 0.570. The molecule has 0 amide bonds. The molecule has 2 unspecified atom stereocenters. The molecule has 1 aliphatic heterocycles. The van der Waals surface area contributed by atoms with Crippen molar-refractivity contribution in [2.24, 2.45) is 5.73 Å². The van der Waals surface area contributed by atoms with Gasteiger partial charge in [0.1, 0.15) is 5.82 Å². The maximum Gasteiger partial charge on any atom is 0.131 e. The van der Waals surface area contributed by atoms with Crippen LogP contribution >= 0.6 is 0 Å². The summed E-state index contributed by atoms with van der Waals surface area (Å²) in [6.07, 6.45) is 5.68. The number of nitrogens with two attached hydrogens (primary N) is 1. The van der Waals surface area contributed by atoms with Crippen molar-refractivity contribution in [2.75, 3.05) is 4.90 Å². The molecular formula is C14H23N3. The van der Waals surface area contributed by atoms with E-state index in [9.17, 15) is 0 Å². The molecule has 0 aromatic carbocycles. The molecule has 0 aliphatic carbocycles. The van der Waals surface area contributed by atoms with Crippen LogP contribution in [0, 0.1) is 6.92 Å². The molecule has 1 saturated heterocycles. The second-order valence-corrected chi connectivity index (χ2v) is 5.08. The number of pyridine rings is 1. The smallest absolute Gasteiger partial charge is 0.131 e. The average Bonchev–Trinajstić information content (AvgIpc) is 2.70. The summed E-state index contributed by atoms with van der Waals surface area (Å²) in [7, 11) is 0. The van der Waals surface area contributed by atoms with Gasteiger partial charge in [-0.1, -0.05) is 6.92 Å². The Hall–Kier alpha value is -1.09. The van der Waals surface area contributed by atoms with Crippen LogP contribution in [0.3, 0.4) is 0 Å². The lowest BCUT2D eigenvalue weighted by atomic mass is 10.1. The lowest BCUT2D eigenvalue weighted by Gasteiger charge is -2.30. The van der Waals surface area contributed by atoms with E-state index < -0.39 is 0 Å². The minimum atomic E-state index is 0.570. The zero-order chi connectivity index (χ0) is 12.4. The second kappa shape index (κ2) is 5.05. The Labute approximate surface area is 104 Å². The monoisotopic (exact) mass is 233 g/mol. The van der Waals surface area contributed by atoms with Gasteiger partial charge in [-0.25, -0.2) is 4.98 Å². The molecule has 0 spiro atoms. The van der Waals surface area contributed by atoms with E-state index in [1.54, 1.807) is 0 Å². The Bertz CT molecular complexity index is 389. The van der Waals surface area contributed by atoms with Crippen molar-refractivity contribution >= 4 is 5.82 Å². The maximum absolute atomic E-state index is 5.65. The van der Waals surface area contributed by atoms with Gasteiger partial charge in [0.2, 0.25) is 0 Å². The molecule has 0 bridgehead atoms. The minimum Gasteiger partial charge on any atom is -0.351 e. The summed E-state index contributed by atoms with van der Waals surface area (Å²) in [5, 5.41) is 0. The van der Waals surface area contributed by atoms with Crippen LogP contribution < -0.4 is 10.6 Å². The summed E-state index contributed by atoms with van der Waals surface area (Å²) in [6.45, 7) is 7.27. The van der Waals surface area contributed by atoms with E-state index in [2.05, 4.69) is 36.7 Å². The van der Waals surface area contributed by atoms with Crippen LogP contribution in [0.4, 0.5) is 5.82 Å². The Kier molecular flexibility index (Phi) is 3.67. The van der Waals surface area contributed by atoms with Gasteiger partial charge in [-0.2, -0.15) is 0 Å². The summed E-state index contributed by atoms with van der Waals surface area (Å²) in [4.78, 5) is 7.12. The number of hydrogen-bond donors (Lipinski definition) is 1. The quantitative estimate of drug-likeness (QED) is 0.872. The number of anilines is 1. The fourth-order valence-electron chi connectivity index (χ4n) is 2.86. The third kappa shape index (κ3) is 2.29. The van der Waals surface area contributed by atoms with Gasteiger partial charge >= 0.3 is 0 Å². The molecule has 1 aliphatic rings. The highest BCUT2D eigenvalue weighted by atomic mass is 15.3. The first kappa shape index (κ1) is 12.4. The van der Waals surface area contributed by atoms with Crippen LogP contribution in [0.25, 0.3) is 0 Å². The molecular weight excluding hydrogens is 210 g/mol. The lowest BCUT2D eigenvalue weighted by molar-refractivity contribution is 0.619. The third-order valence-corrected chi connectivity index (χ3v) is 3.84. The van der Waals surface area contributed by atoms with Crippen molar-refractivity contribution in [1.82, 2.24) is 4.98 Å². The van der Waals surface area contributed by atoms with Crippen LogP contribution in [0.15, 0.2) is 12.3 Å². The summed E-state index contributed by atoms with van der Waals surface area (Å²) in [5.74, 6) is 1.15. The zero-order valence-corrected chi connectivity index (χ0v) is 11.1. The van der Waals surface area contributed by atoms with Crippen LogP contribution in [0.1, 0.15) is 44.2 Å². The highest BCUT2D eigenvalue weighted by molar-refractivity contribution is 5.50. The van der Waals surface area contributed by atoms with Crippen molar-refractivity contribution in [3.63, 3.8) is 0 Å². The van der Waals surface area contributed by atoms with Gasteiger partial charge in [0.05, 0.1) is 0 Å². The van der Waals surface area contributed by atoms with E-state index in [-0.39, 0.29) is 0 Å². The first-order chi connectivity index (χ1) is 8.17. The largest absolute Gasteiger partial charge is 0.351 e. The van der Waals surface area contributed by atoms with Gasteiger partial charge in [0.15, 0.2) is 0 Å². The predicted molar refractivity (Wildman–Crippen MR) is 72.1 cm³/mol. The fourth-order valence-corrected chi connectivity index (χ4v) is 2.86. The van der Waals surface area contributed by atoms with Crippen molar-refractivity contribution in [3.05, 3.63) is 23.4 Å². The normalized spacial score (nSPS) is 24.4. The number of nitrogens with zero attached hydrogens (tertiary/aromatic N) is 2. The molecule has 3 nitrogen and oxygen atoms in total. The van der Waals surface area contributed by atoms with Gasteiger partial charge in [-0.15, -0.1) is 0 Å². The molecule has 0 radical (unpaired) electrons. The first-order valence-electron chi connectivity index (χ1n) is 6.61. The highest BCUT2D eigenvalue weighted by Crippen LogP contribution is 2.32. The van der Waals surface area contributed by atoms with E-state index in [1.807, 2.05) is 6.20 Å². The van der Waals surface area contributed by atoms with E-state index in [0.717, 1.165) is 11.4 Å². The Morgan fingerprint density at radius 3 is 2.82 bits per heavy atom. The fraction of sp³-hybridized carbons (Fsp3) is 0.643. The molecule has 17 heavy (non-hydrogen) atoms. The van der Waals surface area contributed by atoms with Gasteiger partial charge in [0.25, 0.3) is 0 Å². The molecule has 2 N–H and O–H groups in total. The standard InChI is InChI=1S/C14H23N3/c1-4-13-6-5-11(3)17(13)14-10(2)7-12(8-15)9-16-14/h7,9,11,13H,4-6,8,15H2,1-3H3. The molecule has 3 heteroatoms. The Balaban J connectivity index is 2.32. The van der Waals surface area contributed by atoms with Crippen molar-refractivity contribution in [2.45, 2.75) is 58.7 Å². The van der Waals surface area contributed by atoms with Crippen LogP contribution in [-0.2, 0) is 6.54 Å². The van der Waals surface area contributed by atoms with Crippen molar-refractivity contribution < 1.29 is 0 Å². The van der Waals surface area contributed by atoms with Crippen molar-refractivity contribution in [3.8, 4) is 0 Å². The maximum atomic E-state index is 5.65. The average molecular weight is 233 g/mol. The molecule has 94 valence electrons. The number of hydrogen-bond acceptors (Lipinski definition) is 3. The summed E-state index contributed by atoms with van der Waals surface area (Å²) in [6, 6.07) is 3.43. The molecule has 1 aromatic rings. The topological polar surface area (TPSA) is 42.2 Å². The van der Waals surface area contributed by atoms with E-state index in [4.69, 9.17) is 5.73 Å². The Morgan fingerprint density at radius 1 is 1.47 bits per heavy atom. The molecule has 0 saturated carbocycles. The summed E-state index contributed by atoms with van der Waals surface area (Å²) in [5.41, 5.74) is 8.02. The number of rotatable bonds is 3. The lowest BCUT2D eigenvalue weighted by Crippen LogP contribution is -2.35. The molecule has 1 fully saturated rings. The SMILES string of the molecule is CCC1CCC(C)N1c1ncc(CN)cc1C. The predicted octanol–water partition coefficient (Wildman–Crippen LogP) is 2.62. The van der Waals surface area contributed by atoms with Crippen LogP contribution in [0.2, 0.25) is 0 Å². The summed E-state index contributed by atoms with van der Waals surface area (Å²) >= 11 is 0. The van der Waals surface area contributed by atoms with E-state index in [1.165, 1.54) is 24.8 Å². The number of aromatic nitrogens is 1. The van der Waals surface area contributed by atoms with Gasteiger partial charge < -0.3 is 10.6 Å². The van der Waals surface area contributed by atoms with Gasteiger partial charge in [-0.3, -0.25) is 0 Å². The van der Waals surface area contributed by atoms with Crippen LogP contribution in [0.5, 0.6) is 0 Å². The first-order valence-corrected chi connectivity index (χ1v) is 6.61. The molecule has 2 rings (SSSR count).